The van der Waals surface area contributed by atoms with Crippen molar-refractivity contribution in [2.24, 2.45) is 0 Å². The van der Waals surface area contributed by atoms with Crippen molar-refractivity contribution in [3.05, 3.63) is 60.0 Å². The second kappa shape index (κ2) is 7.20. The van der Waals surface area contributed by atoms with Crippen LogP contribution < -0.4 is 10.2 Å². The van der Waals surface area contributed by atoms with Crippen LogP contribution in [-0.4, -0.2) is 43.0 Å². The topological polar surface area (TPSA) is 74.4 Å². The molecule has 7 heteroatoms. The average molecular weight is 367 g/mol. The molecule has 0 saturated carbocycles. The van der Waals surface area contributed by atoms with Crippen LogP contribution in [0.25, 0.3) is 10.9 Å². The molecule has 0 unspecified atom stereocenters. The molecule has 3 aromatic rings. The number of hydrogen-bond acceptors (Lipinski definition) is 4. The summed E-state index contributed by atoms with van der Waals surface area (Å²) in [5.74, 6) is -1.95. The zero-order valence-corrected chi connectivity index (χ0v) is 14.5. The second-order valence-corrected chi connectivity index (χ2v) is 6.29. The predicted molar refractivity (Wildman–Crippen MR) is 101 cm³/mol. The van der Waals surface area contributed by atoms with Gasteiger partial charge in [-0.05, 0) is 30.3 Å². The van der Waals surface area contributed by atoms with E-state index < -0.39 is 17.5 Å². The lowest BCUT2D eigenvalue weighted by Gasteiger charge is -2.30. The first kappa shape index (κ1) is 17.2. The molecule has 2 N–H and O–H groups in total. The van der Waals surface area contributed by atoms with Crippen LogP contribution in [-0.2, 0) is 9.53 Å². The Morgan fingerprint density at radius 2 is 1.89 bits per heavy atom. The number of amides is 1. The van der Waals surface area contributed by atoms with Crippen molar-refractivity contribution >= 4 is 34.0 Å². The predicted octanol–water partition coefficient (Wildman–Crippen LogP) is 2.97. The van der Waals surface area contributed by atoms with Crippen LogP contribution in [0.5, 0.6) is 0 Å². The van der Waals surface area contributed by atoms with E-state index in [9.17, 15) is 14.0 Å². The van der Waals surface area contributed by atoms with Crippen molar-refractivity contribution in [2.45, 2.75) is 0 Å². The van der Waals surface area contributed by atoms with Crippen LogP contribution in [0.1, 0.15) is 10.4 Å². The fourth-order valence-electron chi connectivity index (χ4n) is 3.24. The van der Waals surface area contributed by atoms with Gasteiger partial charge in [0.15, 0.2) is 0 Å². The number of ketones is 1. The number of nitrogens with zero attached hydrogens (tertiary/aromatic N) is 1. The maximum absolute atomic E-state index is 13.5. The van der Waals surface area contributed by atoms with Crippen molar-refractivity contribution in [3.63, 3.8) is 0 Å². The standard InChI is InChI=1S/C20H18FN3O3/c21-13-5-6-16-14(11-13)15(12-22-16)19(25)20(26)23-17-3-1-2-4-18(17)24-7-9-27-10-8-24/h1-6,11-12,22H,7-10H2,(H,23,26). The van der Waals surface area contributed by atoms with Gasteiger partial charge < -0.3 is 19.9 Å². The van der Waals surface area contributed by atoms with Gasteiger partial charge in [-0.2, -0.15) is 0 Å². The summed E-state index contributed by atoms with van der Waals surface area (Å²) in [7, 11) is 0. The molecule has 4 rings (SSSR count). The quantitative estimate of drug-likeness (QED) is 0.549. The Kier molecular flexibility index (Phi) is 4.60. The van der Waals surface area contributed by atoms with Crippen molar-refractivity contribution in [3.8, 4) is 0 Å². The van der Waals surface area contributed by atoms with Gasteiger partial charge in [-0.3, -0.25) is 9.59 Å². The van der Waals surface area contributed by atoms with Gasteiger partial charge in [-0.25, -0.2) is 4.39 Å². The Hall–Kier alpha value is -3.19. The summed E-state index contributed by atoms with van der Waals surface area (Å²) in [6, 6.07) is 11.4. The molecule has 0 atom stereocenters. The molecule has 2 heterocycles. The van der Waals surface area contributed by atoms with E-state index in [0.717, 1.165) is 5.69 Å². The van der Waals surface area contributed by atoms with Gasteiger partial charge in [0.1, 0.15) is 5.82 Å². The van der Waals surface area contributed by atoms with E-state index >= 15 is 0 Å². The number of benzene rings is 2. The van der Waals surface area contributed by atoms with Gasteiger partial charge >= 0.3 is 0 Å². The minimum absolute atomic E-state index is 0.144. The van der Waals surface area contributed by atoms with Gasteiger partial charge in [-0.1, -0.05) is 12.1 Å². The number of aromatic amines is 1. The maximum atomic E-state index is 13.5. The van der Waals surface area contributed by atoms with Crippen LogP contribution in [0, 0.1) is 5.82 Å². The Labute approximate surface area is 154 Å². The highest BCUT2D eigenvalue weighted by Crippen LogP contribution is 2.27. The summed E-state index contributed by atoms with van der Waals surface area (Å²) in [6.07, 6.45) is 1.43. The summed E-state index contributed by atoms with van der Waals surface area (Å²) < 4.78 is 18.9. The number of H-pyrrole nitrogens is 1. The lowest BCUT2D eigenvalue weighted by molar-refractivity contribution is -0.112. The fraction of sp³-hybridized carbons (Fsp3) is 0.200. The third-order valence-electron chi connectivity index (χ3n) is 4.60. The lowest BCUT2D eigenvalue weighted by Crippen LogP contribution is -2.37. The molecule has 2 aromatic carbocycles. The smallest absolute Gasteiger partial charge is 0.296 e. The van der Waals surface area contributed by atoms with Crippen molar-refractivity contribution in [1.29, 1.82) is 0 Å². The number of fused-ring (bicyclic) bond motifs is 1. The molecule has 1 fully saturated rings. The number of nitrogens with one attached hydrogen (secondary N) is 2. The molecule has 0 radical (unpaired) electrons. The largest absolute Gasteiger partial charge is 0.378 e. The highest BCUT2D eigenvalue weighted by molar-refractivity contribution is 6.48. The van der Waals surface area contributed by atoms with Gasteiger partial charge in [0.2, 0.25) is 0 Å². The van der Waals surface area contributed by atoms with Crippen molar-refractivity contribution < 1.29 is 18.7 Å². The van der Waals surface area contributed by atoms with Crippen LogP contribution >= 0.6 is 0 Å². The highest BCUT2D eigenvalue weighted by atomic mass is 19.1. The van der Waals surface area contributed by atoms with E-state index in [4.69, 9.17) is 4.74 Å². The zero-order chi connectivity index (χ0) is 18.8. The van der Waals surface area contributed by atoms with E-state index in [1.807, 2.05) is 12.1 Å². The third kappa shape index (κ3) is 3.41. The van der Waals surface area contributed by atoms with Gasteiger partial charge in [-0.15, -0.1) is 0 Å². The Morgan fingerprint density at radius 1 is 1.11 bits per heavy atom. The average Bonchev–Trinajstić information content (AvgIpc) is 3.11. The lowest BCUT2D eigenvalue weighted by atomic mass is 10.1. The number of rotatable bonds is 4. The molecule has 6 nitrogen and oxygen atoms in total. The molecule has 1 saturated heterocycles. The number of halogens is 1. The van der Waals surface area contributed by atoms with Gasteiger partial charge in [0.25, 0.3) is 11.7 Å². The minimum Gasteiger partial charge on any atom is -0.378 e. The normalized spacial score (nSPS) is 14.3. The first-order valence-corrected chi connectivity index (χ1v) is 8.67. The summed E-state index contributed by atoms with van der Waals surface area (Å²) in [6.45, 7) is 2.65. The summed E-state index contributed by atoms with van der Waals surface area (Å²) in [4.78, 5) is 30.2. The Bertz CT molecular complexity index is 1010. The van der Waals surface area contributed by atoms with Gasteiger partial charge in [0.05, 0.1) is 30.2 Å². The van der Waals surface area contributed by atoms with Crippen LogP contribution in [0.4, 0.5) is 15.8 Å². The van der Waals surface area contributed by atoms with Crippen LogP contribution in [0.15, 0.2) is 48.7 Å². The molecular formula is C20H18FN3O3. The number of morpholine rings is 1. The number of aromatic nitrogens is 1. The number of Topliss-reactive ketones (excluding diaryl/α,β-unsaturated/α-hetero) is 1. The van der Waals surface area contributed by atoms with E-state index in [-0.39, 0.29) is 5.56 Å². The zero-order valence-electron chi connectivity index (χ0n) is 14.5. The molecule has 0 bridgehead atoms. The monoisotopic (exact) mass is 367 g/mol. The molecule has 138 valence electrons. The summed E-state index contributed by atoms with van der Waals surface area (Å²) >= 11 is 0. The molecular weight excluding hydrogens is 349 g/mol. The number of carbonyl (C=O) groups excluding carboxylic acids is 2. The third-order valence-corrected chi connectivity index (χ3v) is 4.60. The molecule has 0 aliphatic carbocycles. The maximum Gasteiger partial charge on any atom is 0.296 e. The molecule has 1 aliphatic heterocycles. The summed E-state index contributed by atoms with van der Waals surface area (Å²) in [5.41, 5.74) is 2.14. The van der Waals surface area contributed by atoms with E-state index in [2.05, 4.69) is 15.2 Å². The Morgan fingerprint density at radius 3 is 2.70 bits per heavy atom. The fourth-order valence-corrected chi connectivity index (χ4v) is 3.24. The first-order chi connectivity index (χ1) is 13.1. The number of anilines is 2. The molecule has 1 aromatic heterocycles. The van der Waals surface area contributed by atoms with E-state index in [0.29, 0.717) is 42.9 Å². The molecule has 27 heavy (non-hydrogen) atoms. The summed E-state index contributed by atoms with van der Waals surface area (Å²) in [5, 5.41) is 3.08. The van der Waals surface area contributed by atoms with Crippen LogP contribution in [0.2, 0.25) is 0 Å². The second-order valence-electron chi connectivity index (χ2n) is 6.29. The number of para-hydroxylation sites is 2. The van der Waals surface area contributed by atoms with Gasteiger partial charge in [0, 0.05) is 30.2 Å². The molecule has 1 aliphatic rings. The number of carbonyl (C=O) groups is 2. The highest BCUT2D eigenvalue weighted by Gasteiger charge is 2.22. The van der Waals surface area contributed by atoms with Crippen LogP contribution in [0.3, 0.4) is 0 Å². The molecule has 1 amide bonds. The first-order valence-electron chi connectivity index (χ1n) is 8.67. The SMILES string of the molecule is O=C(Nc1ccccc1N1CCOCC1)C(=O)c1c[nH]c2ccc(F)cc12. The molecule has 0 spiro atoms. The van der Waals surface area contributed by atoms with E-state index in [1.54, 1.807) is 12.1 Å². The number of hydrogen-bond donors (Lipinski definition) is 2. The minimum atomic E-state index is -0.763. The Balaban J connectivity index is 1.59. The van der Waals surface area contributed by atoms with Crippen molar-refractivity contribution in [2.75, 3.05) is 36.5 Å². The van der Waals surface area contributed by atoms with E-state index in [1.165, 1.54) is 24.4 Å². The van der Waals surface area contributed by atoms with Crippen molar-refractivity contribution in [1.82, 2.24) is 4.98 Å². The number of ether oxygens (including phenoxy) is 1.